The van der Waals surface area contributed by atoms with E-state index in [0.717, 1.165) is 40.5 Å². The Morgan fingerprint density at radius 1 is 0.338 bits per heavy atom. The summed E-state index contributed by atoms with van der Waals surface area (Å²) in [5.74, 6) is 0. The first-order valence-corrected chi connectivity index (χ1v) is 25.5. The van der Waals surface area contributed by atoms with Crippen LogP contribution in [0.25, 0.3) is 44.5 Å². The molecule has 2 nitrogen and oxygen atoms in total. The molecule has 10 aromatic rings. The van der Waals surface area contributed by atoms with Crippen molar-refractivity contribution in [3.63, 3.8) is 0 Å². The summed E-state index contributed by atoms with van der Waals surface area (Å²) in [7, 11) is 0. The predicted molar refractivity (Wildman–Crippen MR) is 295 cm³/mol. The monoisotopic (exact) mass is 916 g/mol. The summed E-state index contributed by atoms with van der Waals surface area (Å²) in [5.41, 5.74) is 20.5. The Bertz CT molecular complexity index is 3140. The van der Waals surface area contributed by atoms with Crippen LogP contribution in [0, 0.1) is 0 Å². The topological polar surface area (TPSA) is 6.48 Å². The largest absolute Gasteiger partial charge is 0.311 e. The molecule has 334 valence electrons. The van der Waals surface area contributed by atoms with Gasteiger partial charge in [-0.2, -0.15) is 22.7 Å². The molecule has 1 atom stereocenters. The number of nitrogens with zero attached hydrogens (tertiary/aromatic N) is 2. The first-order chi connectivity index (χ1) is 33.2. The van der Waals surface area contributed by atoms with Gasteiger partial charge in [0, 0.05) is 61.8 Å². The van der Waals surface area contributed by atoms with Crippen molar-refractivity contribution in [1.29, 1.82) is 0 Å². The molecule has 0 aliphatic rings. The van der Waals surface area contributed by atoms with Crippen LogP contribution in [0.5, 0.6) is 0 Å². The highest BCUT2D eigenvalue weighted by molar-refractivity contribution is 7.09. The minimum atomic E-state index is -0.240. The molecule has 8 aromatic carbocycles. The zero-order chi connectivity index (χ0) is 46.7. The Morgan fingerprint density at radius 2 is 0.676 bits per heavy atom. The van der Waals surface area contributed by atoms with Crippen LogP contribution in [0.2, 0.25) is 0 Å². The lowest BCUT2D eigenvalue weighted by Crippen LogP contribution is -2.24. The Labute approximate surface area is 411 Å². The Balaban J connectivity index is 1.07. The molecule has 0 fully saturated rings. The van der Waals surface area contributed by atoms with E-state index in [4.69, 9.17) is 0 Å². The zero-order valence-electron chi connectivity index (χ0n) is 39.4. The highest BCUT2D eigenvalue weighted by Crippen LogP contribution is 2.48. The molecular weight excluding hydrogens is 861 g/mol. The van der Waals surface area contributed by atoms with Gasteiger partial charge in [0.25, 0.3) is 0 Å². The lowest BCUT2D eigenvalue weighted by molar-refractivity contribution is 0.548. The minimum Gasteiger partial charge on any atom is -0.311 e. The molecule has 1 unspecified atom stereocenters. The first-order valence-electron chi connectivity index (χ1n) is 23.6. The number of rotatable bonds is 13. The van der Waals surface area contributed by atoms with Gasteiger partial charge in [-0.1, -0.05) is 168 Å². The maximum atomic E-state index is 2.48. The standard InChI is InChI=1S/C64H56N2S2/c1-6-64(5,50-34-32-49(33-35-50)63(2,3)4)62-40-31-48(60-44-67-42-58(60)46-27-36-55(37-28-46)65(51-19-11-7-12-20-51)52-21-13-8-14-22-52)41-57(62)61-45-68-43-59(61)47-29-38-56(39-30-47)66(53-23-15-9-16-24-53)54-25-17-10-18-26-54/h7-45H,6H2,1-5H3. The number of hydrogen-bond acceptors (Lipinski definition) is 4. The molecule has 0 N–H and O–H groups in total. The van der Waals surface area contributed by atoms with Crippen LogP contribution in [0.1, 0.15) is 57.7 Å². The van der Waals surface area contributed by atoms with Gasteiger partial charge in [-0.3, -0.25) is 0 Å². The number of benzene rings is 8. The summed E-state index contributed by atoms with van der Waals surface area (Å²) in [5, 5.41) is 9.33. The van der Waals surface area contributed by atoms with Gasteiger partial charge in [0.1, 0.15) is 0 Å². The maximum Gasteiger partial charge on any atom is 0.0462 e. The van der Waals surface area contributed by atoms with Gasteiger partial charge in [-0.15, -0.1) is 0 Å². The normalized spacial score (nSPS) is 12.4. The van der Waals surface area contributed by atoms with Crippen LogP contribution >= 0.6 is 22.7 Å². The average Bonchev–Trinajstić information content (AvgIpc) is 4.10. The lowest BCUT2D eigenvalue weighted by Gasteiger charge is -2.33. The summed E-state index contributed by atoms with van der Waals surface area (Å²) >= 11 is 3.54. The van der Waals surface area contributed by atoms with Gasteiger partial charge in [0.05, 0.1) is 0 Å². The molecular formula is C64H56N2S2. The minimum absolute atomic E-state index is 0.0794. The van der Waals surface area contributed by atoms with Gasteiger partial charge in [-0.05, 0) is 151 Å². The molecule has 10 rings (SSSR count). The molecule has 0 radical (unpaired) electrons. The maximum absolute atomic E-state index is 2.48. The second-order valence-corrected chi connectivity index (χ2v) is 20.3. The van der Waals surface area contributed by atoms with Crippen LogP contribution in [0.15, 0.2) is 234 Å². The second-order valence-electron chi connectivity index (χ2n) is 18.8. The van der Waals surface area contributed by atoms with E-state index < -0.39 is 0 Å². The van der Waals surface area contributed by atoms with Crippen molar-refractivity contribution < 1.29 is 0 Å². The Hall–Kier alpha value is -7.24. The van der Waals surface area contributed by atoms with Crippen molar-refractivity contribution in [2.24, 2.45) is 0 Å². The van der Waals surface area contributed by atoms with E-state index in [2.05, 4.69) is 278 Å². The molecule has 2 aromatic heterocycles. The van der Waals surface area contributed by atoms with E-state index in [0.29, 0.717) is 0 Å². The molecule has 0 aliphatic heterocycles. The van der Waals surface area contributed by atoms with Crippen LogP contribution in [0.3, 0.4) is 0 Å². The number of thiophene rings is 2. The Kier molecular flexibility index (Phi) is 12.6. The smallest absolute Gasteiger partial charge is 0.0462 e. The summed E-state index contributed by atoms with van der Waals surface area (Å²) < 4.78 is 0. The highest BCUT2D eigenvalue weighted by atomic mass is 32.1. The second kappa shape index (κ2) is 19.2. The molecule has 0 aliphatic carbocycles. The van der Waals surface area contributed by atoms with E-state index in [1.807, 2.05) is 0 Å². The van der Waals surface area contributed by atoms with Crippen LogP contribution < -0.4 is 9.80 Å². The highest BCUT2D eigenvalue weighted by Gasteiger charge is 2.32. The van der Waals surface area contributed by atoms with Crippen molar-refractivity contribution in [1.82, 2.24) is 0 Å². The van der Waals surface area contributed by atoms with Crippen molar-refractivity contribution in [3.8, 4) is 44.5 Å². The third-order valence-corrected chi connectivity index (χ3v) is 15.1. The first kappa shape index (κ1) is 44.6. The van der Waals surface area contributed by atoms with Crippen LogP contribution in [-0.2, 0) is 10.8 Å². The summed E-state index contributed by atoms with van der Waals surface area (Å²) in [6, 6.07) is 77.4. The molecule has 0 saturated heterocycles. The van der Waals surface area contributed by atoms with Crippen molar-refractivity contribution in [2.75, 3.05) is 9.80 Å². The van der Waals surface area contributed by atoms with E-state index in [-0.39, 0.29) is 10.8 Å². The molecule has 0 amide bonds. The zero-order valence-corrected chi connectivity index (χ0v) is 41.1. The van der Waals surface area contributed by atoms with Gasteiger partial charge in [0.15, 0.2) is 0 Å². The van der Waals surface area contributed by atoms with Crippen molar-refractivity contribution in [2.45, 2.75) is 51.9 Å². The van der Waals surface area contributed by atoms with E-state index in [9.17, 15) is 0 Å². The average molecular weight is 917 g/mol. The molecule has 4 heteroatoms. The SMILES string of the molecule is CCC(C)(c1ccc(C(C)(C)C)cc1)c1ccc(-c2cscc2-c2ccc(N(c3ccccc3)c3ccccc3)cc2)cc1-c1cscc1-c1ccc(N(c2ccccc2)c2ccccc2)cc1. The van der Waals surface area contributed by atoms with Gasteiger partial charge >= 0.3 is 0 Å². The van der Waals surface area contributed by atoms with Gasteiger partial charge in [-0.25, -0.2) is 0 Å². The van der Waals surface area contributed by atoms with Crippen molar-refractivity contribution in [3.05, 3.63) is 251 Å². The third-order valence-electron chi connectivity index (χ3n) is 13.6. The van der Waals surface area contributed by atoms with E-state index in [1.165, 1.54) is 61.2 Å². The van der Waals surface area contributed by atoms with Gasteiger partial charge < -0.3 is 9.80 Å². The van der Waals surface area contributed by atoms with Crippen LogP contribution in [-0.4, -0.2) is 0 Å². The summed E-state index contributed by atoms with van der Waals surface area (Å²) in [4.78, 5) is 4.64. The fraction of sp³-hybridized carbons (Fsp3) is 0.125. The molecule has 0 saturated carbocycles. The molecule has 0 spiro atoms. The Morgan fingerprint density at radius 3 is 1.07 bits per heavy atom. The summed E-state index contributed by atoms with van der Waals surface area (Å²) in [6.45, 7) is 11.7. The number of anilines is 6. The van der Waals surface area contributed by atoms with Crippen molar-refractivity contribution >= 4 is 56.8 Å². The summed E-state index contributed by atoms with van der Waals surface area (Å²) in [6.07, 6.45) is 0.955. The predicted octanol–water partition coefficient (Wildman–Crippen LogP) is 19.4. The molecule has 68 heavy (non-hydrogen) atoms. The van der Waals surface area contributed by atoms with E-state index >= 15 is 0 Å². The number of para-hydroxylation sites is 4. The third kappa shape index (κ3) is 8.86. The fourth-order valence-electron chi connectivity index (χ4n) is 9.56. The molecule has 0 bridgehead atoms. The van der Waals surface area contributed by atoms with Gasteiger partial charge in [0.2, 0.25) is 0 Å². The van der Waals surface area contributed by atoms with Crippen LogP contribution in [0.4, 0.5) is 34.1 Å². The molecule has 2 heterocycles. The fourth-order valence-corrected chi connectivity index (χ4v) is 11.3. The lowest BCUT2D eigenvalue weighted by atomic mass is 9.70. The quantitative estimate of drug-likeness (QED) is 0.114. The number of hydrogen-bond donors (Lipinski definition) is 0. The van der Waals surface area contributed by atoms with E-state index in [1.54, 1.807) is 22.7 Å².